The summed E-state index contributed by atoms with van der Waals surface area (Å²) in [6, 6.07) is 7.85. The maximum absolute atomic E-state index is 5.86. The second-order valence-corrected chi connectivity index (χ2v) is 5.18. The molecule has 0 aliphatic heterocycles. The minimum Gasteiger partial charge on any atom is -0.380 e. The van der Waals surface area contributed by atoms with E-state index >= 15 is 0 Å². The summed E-state index contributed by atoms with van der Waals surface area (Å²) < 4.78 is 0.991. The molecule has 2 rings (SSSR count). The fourth-order valence-corrected chi connectivity index (χ4v) is 2.71. The van der Waals surface area contributed by atoms with Crippen LogP contribution in [0.5, 0.6) is 0 Å². The van der Waals surface area contributed by atoms with E-state index in [9.17, 15) is 0 Å². The number of nitrogens with one attached hydrogen (secondary N) is 1. The highest BCUT2D eigenvalue weighted by Crippen LogP contribution is 2.26. The predicted molar refractivity (Wildman–Crippen MR) is 70.8 cm³/mol. The Hall–Kier alpha value is -0.510. The smallest absolute Gasteiger partial charge is 0.0488 e. The first-order valence-electron chi connectivity index (χ1n) is 4.46. The van der Waals surface area contributed by atoms with Gasteiger partial charge in [-0.25, -0.2) is 0 Å². The maximum Gasteiger partial charge on any atom is 0.0488 e. The second kappa shape index (κ2) is 5.01. The molecule has 78 valence electrons. The lowest BCUT2D eigenvalue weighted by Gasteiger charge is -2.07. The van der Waals surface area contributed by atoms with E-state index in [1.165, 1.54) is 5.56 Å². The summed E-state index contributed by atoms with van der Waals surface area (Å²) >= 11 is 11.0. The average molecular weight is 303 g/mol. The molecule has 1 aromatic carbocycles. The molecule has 0 unspecified atom stereocenters. The van der Waals surface area contributed by atoms with Gasteiger partial charge in [-0.1, -0.05) is 11.6 Å². The third-order valence-corrected chi connectivity index (χ3v) is 3.62. The van der Waals surface area contributed by atoms with Gasteiger partial charge >= 0.3 is 0 Å². The molecule has 1 heterocycles. The van der Waals surface area contributed by atoms with Gasteiger partial charge in [0.15, 0.2) is 0 Å². The predicted octanol–water partition coefficient (Wildman–Crippen LogP) is 4.78. The lowest BCUT2D eigenvalue weighted by molar-refractivity contribution is 1.16. The molecule has 0 bridgehead atoms. The Morgan fingerprint density at radius 1 is 1.33 bits per heavy atom. The van der Waals surface area contributed by atoms with Gasteiger partial charge in [-0.15, -0.1) is 0 Å². The Bertz CT molecular complexity index is 442. The van der Waals surface area contributed by atoms with E-state index in [-0.39, 0.29) is 0 Å². The maximum atomic E-state index is 5.86. The molecule has 0 saturated heterocycles. The first kappa shape index (κ1) is 11.0. The van der Waals surface area contributed by atoms with Gasteiger partial charge in [0, 0.05) is 21.7 Å². The zero-order chi connectivity index (χ0) is 10.7. The molecule has 0 atom stereocenters. The van der Waals surface area contributed by atoms with Crippen molar-refractivity contribution in [1.29, 1.82) is 0 Å². The summed E-state index contributed by atoms with van der Waals surface area (Å²) in [5, 5.41) is 8.30. The summed E-state index contributed by atoms with van der Waals surface area (Å²) in [7, 11) is 0. The highest BCUT2D eigenvalue weighted by molar-refractivity contribution is 9.10. The lowest BCUT2D eigenvalue weighted by Crippen LogP contribution is -1.98. The van der Waals surface area contributed by atoms with Crippen LogP contribution in [0.15, 0.2) is 39.5 Å². The first-order chi connectivity index (χ1) is 7.25. The van der Waals surface area contributed by atoms with Crippen molar-refractivity contribution in [2.75, 3.05) is 5.32 Å². The third-order valence-electron chi connectivity index (χ3n) is 1.99. The molecule has 1 N–H and O–H groups in total. The van der Waals surface area contributed by atoms with Crippen LogP contribution in [0.2, 0.25) is 5.02 Å². The van der Waals surface area contributed by atoms with Crippen LogP contribution in [0.1, 0.15) is 5.56 Å². The van der Waals surface area contributed by atoms with Gasteiger partial charge in [-0.3, -0.25) is 0 Å². The Morgan fingerprint density at radius 3 is 2.87 bits per heavy atom. The van der Waals surface area contributed by atoms with E-state index in [1.807, 2.05) is 18.2 Å². The van der Waals surface area contributed by atoms with Crippen LogP contribution in [0.4, 0.5) is 5.69 Å². The molecular formula is C11H9BrClNS. The lowest BCUT2D eigenvalue weighted by atomic mass is 10.3. The minimum absolute atomic E-state index is 0.739. The molecule has 0 spiro atoms. The second-order valence-electron chi connectivity index (χ2n) is 3.11. The molecule has 0 radical (unpaired) electrons. The number of halogens is 2. The van der Waals surface area contributed by atoms with Crippen LogP contribution in [0.25, 0.3) is 0 Å². The van der Waals surface area contributed by atoms with Crippen molar-refractivity contribution >= 4 is 44.6 Å². The fourth-order valence-electron chi connectivity index (χ4n) is 1.22. The van der Waals surface area contributed by atoms with Crippen LogP contribution in [-0.2, 0) is 6.54 Å². The largest absolute Gasteiger partial charge is 0.380 e. The molecule has 0 amide bonds. The van der Waals surface area contributed by atoms with Crippen molar-refractivity contribution in [3.63, 3.8) is 0 Å². The Balaban J connectivity index is 2.05. The molecule has 1 nitrogen and oxygen atoms in total. The Kier molecular flexibility index (Phi) is 3.67. The standard InChI is InChI=1S/C11H9BrClNS/c12-10-5-9(13)1-2-11(10)14-6-8-3-4-15-7-8/h1-5,7,14H,6H2. The van der Waals surface area contributed by atoms with Crippen molar-refractivity contribution < 1.29 is 0 Å². The van der Waals surface area contributed by atoms with Gasteiger partial charge in [0.1, 0.15) is 0 Å². The molecule has 0 aliphatic carbocycles. The molecule has 2 aromatic rings. The molecule has 1 aromatic heterocycles. The van der Waals surface area contributed by atoms with Gasteiger partial charge in [0.05, 0.1) is 0 Å². The zero-order valence-electron chi connectivity index (χ0n) is 7.84. The van der Waals surface area contributed by atoms with Crippen LogP contribution in [0, 0.1) is 0 Å². The topological polar surface area (TPSA) is 12.0 Å². The molecule has 0 saturated carbocycles. The number of benzene rings is 1. The Morgan fingerprint density at radius 2 is 2.20 bits per heavy atom. The van der Waals surface area contributed by atoms with E-state index in [4.69, 9.17) is 11.6 Å². The van der Waals surface area contributed by atoms with E-state index in [1.54, 1.807) is 11.3 Å². The van der Waals surface area contributed by atoms with E-state index in [0.717, 1.165) is 21.7 Å². The number of hydrogen-bond acceptors (Lipinski definition) is 2. The van der Waals surface area contributed by atoms with Crippen LogP contribution in [-0.4, -0.2) is 0 Å². The van der Waals surface area contributed by atoms with Gasteiger partial charge in [0.2, 0.25) is 0 Å². The van der Waals surface area contributed by atoms with Gasteiger partial charge in [-0.05, 0) is 56.5 Å². The summed E-state index contributed by atoms with van der Waals surface area (Å²) in [5.74, 6) is 0. The zero-order valence-corrected chi connectivity index (χ0v) is 11.0. The normalized spacial score (nSPS) is 10.3. The molecular weight excluding hydrogens is 294 g/mol. The summed E-state index contributed by atoms with van der Waals surface area (Å²) in [6.07, 6.45) is 0. The van der Waals surface area contributed by atoms with E-state index in [0.29, 0.717) is 0 Å². The summed E-state index contributed by atoms with van der Waals surface area (Å²) in [4.78, 5) is 0. The molecule has 4 heteroatoms. The first-order valence-corrected chi connectivity index (χ1v) is 6.57. The van der Waals surface area contributed by atoms with E-state index in [2.05, 4.69) is 38.1 Å². The van der Waals surface area contributed by atoms with Crippen molar-refractivity contribution in [2.45, 2.75) is 6.54 Å². The highest BCUT2D eigenvalue weighted by Gasteiger charge is 2.00. The summed E-state index contributed by atoms with van der Waals surface area (Å²) in [5.41, 5.74) is 2.35. The molecule has 15 heavy (non-hydrogen) atoms. The van der Waals surface area contributed by atoms with Crippen molar-refractivity contribution in [2.24, 2.45) is 0 Å². The Labute approximate surface area is 106 Å². The fraction of sp³-hybridized carbons (Fsp3) is 0.0909. The van der Waals surface area contributed by atoms with Crippen LogP contribution < -0.4 is 5.32 Å². The van der Waals surface area contributed by atoms with E-state index < -0.39 is 0 Å². The SMILES string of the molecule is Clc1ccc(NCc2ccsc2)c(Br)c1. The quantitative estimate of drug-likeness (QED) is 0.860. The minimum atomic E-state index is 0.739. The third kappa shape index (κ3) is 2.97. The van der Waals surface area contributed by atoms with Crippen LogP contribution in [0.3, 0.4) is 0 Å². The number of anilines is 1. The average Bonchev–Trinajstić information content (AvgIpc) is 2.69. The van der Waals surface area contributed by atoms with Crippen molar-refractivity contribution in [3.05, 3.63) is 50.1 Å². The highest BCUT2D eigenvalue weighted by atomic mass is 79.9. The monoisotopic (exact) mass is 301 g/mol. The van der Waals surface area contributed by atoms with Crippen LogP contribution >= 0.6 is 38.9 Å². The van der Waals surface area contributed by atoms with Gasteiger partial charge in [0.25, 0.3) is 0 Å². The summed E-state index contributed by atoms with van der Waals surface area (Å²) in [6.45, 7) is 0.837. The number of hydrogen-bond donors (Lipinski definition) is 1. The number of rotatable bonds is 3. The van der Waals surface area contributed by atoms with Gasteiger partial charge < -0.3 is 5.32 Å². The molecule has 0 fully saturated rings. The molecule has 0 aliphatic rings. The van der Waals surface area contributed by atoms with Crippen molar-refractivity contribution in [1.82, 2.24) is 0 Å². The van der Waals surface area contributed by atoms with Crippen molar-refractivity contribution in [3.8, 4) is 0 Å². The van der Waals surface area contributed by atoms with Gasteiger partial charge in [-0.2, -0.15) is 11.3 Å². The number of thiophene rings is 1.